The largest absolute Gasteiger partial charge is 0.478 e. The first-order valence-corrected chi connectivity index (χ1v) is 9.92. The zero-order chi connectivity index (χ0) is 19.9. The SMILES string of the molecule is CCCNC(=O)CN1CCC(NC(=O)C(C)(C)Oc2ccc(Cl)cc2)CC1. The normalized spacial score (nSPS) is 16.0. The molecule has 2 rings (SSSR count). The Hall–Kier alpha value is -1.79. The number of piperidine rings is 1. The van der Waals surface area contributed by atoms with E-state index in [9.17, 15) is 9.59 Å². The lowest BCUT2D eigenvalue weighted by atomic mass is 10.0. The molecule has 0 unspecified atom stereocenters. The molecule has 0 aliphatic carbocycles. The Kier molecular flexibility index (Phi) is 7.92. The summed E-state index contributed by atoms with van der Waals surface area (Å²) in [4.78, 5) is 26.6. The number of hydrogen-bond acceptors (Lipinski definition) is 4. The highest BCUT2D eigenvalue weighted by Crippen LogP contribution is 2.21. The summed E-state index contributed by atoms with van der Waals surface area (Å²) in [6, 6.07) is 7.06. The van der Waals surface area contributed by atoms with Crippen molar-refractivity contribution >= 4 is 23.4 Å². The predicted molar refractivity (Wildman–Crippen MR) is 107 cm³/mol. The molecule has 27 heavy (non-hydrogen) atoms. The van der Waals surface area contributed by atoms with Gasteiger partial charge in [-0.05, 0) is 57.4 Å². The van der Waals surface area contributed by atoms with Crippen LogP contribution in [0.2, 0.25) is 5.02 Å². The fourth-order valence-electron chi connectivity index (χ4n) is 2.96. The summed E-state index contributed by atoms with van der Waals surface area (Å²) in [5.74, 6) is 0.529. The lowest BCUT2D eigenvalue weighted by molar-refractivity contribution is -0.135. The third-order valence-electron chi connectivity index (χ3n) is 4.60. The van der Waals surface area contributed by atoms with Crippen molar-refractivity contribution in [1.82, 2.24) is 15.5 Å². The number of nitrogens with one attached hydrogen (secondary N) is 2. The molecular weight excluding hydrogens is 366 g/mol. The van der Waals surface area contributed by atoms with Gasteiger partial charge in [-0.3, -0.25) is 14.5 Å². The van der Waals surface area contributed by atoms with E-state index >= 15 is 0 Å². The molecule has 2 amide bonds. The quantitative estimate of drug-likeness (QED) is 0.709. The molecule has 7 heteroatoms. The first-order valence-electron chi connectivity index (χ1n) is 9.54. The summed E-state index contributed by atoms with van der Waals surface area (Å²) in [5, 5.41) is 6.60. The van der Waals surface area contributed by atoms with Crippen molar-refractivity contribution in [1.29, 1.82) is 0 Å². The van der Waals surface area contributed by atoms with Crippen LogP contribution in [0.25, 0.3) is 0 Å². The minimum absolute atomic E-state index is 0.0665. The third kappa shape index (κ3) is 7.03. The molecule has 1 saturated heterocycles. The minimum Gasteiger partial charge on any atom is -0.478 e. The first kappa shape index (κ1) is 21.5. The number of amides is 2. The van der Waals surface area contributed by atoms with Gasteiger partial charge >= 0.3 is 0 Å². The van der Waals surface area contributed by atoms with E-state index in [1.807, 2.05) is 6.92 Å². The van der Waals surface area contributed by atoms with Gasteiger partial charge in [0.2, 0.25) is 5.91 Å². The average molecular weight is 396 g/mol. The van der Waals surface area contributed by atoms with Crippen LogP contribution in [-0.2, 0) is 9.59 Å². The van der Waals surface area contributed by atoms with Crippen molar-refractivity contribution in [2.45, 2.75) is 51.7 Å². The summed E-state index contributed by atoms with van der Waals surface area (Å²) < 4.78 is 5.84. The Morgan fingerprint density at radius 1 is 1.22 bits per heavy atom. The first-order chi connectivity index (χ1) is 12.8. The Morgan fingerprint density at radius 2 is 1.85 bits per heavy atom. The Bertz CT molecular complexity index is 626. The van der Waals surface area contributed by atoms with Gasteiger partial charge in [0.25, 0.3) is 5.91 Å². The fourth-order valence-corrected chi connectivity index (χ4v) is 3.09. The number of likely N-dealkylation sites (tertiary alicyclic amines) is 1. The molecule has 0 spiro atoms. The standard InChI is InChI=1S/C20H30ClN3O3/c1-4-11-22-18(25)14-24-12-9-16(10-13-24)23-19(26)20(2,3)27-17-7-5-15(21)6-8-17/h5-8,16H,4,9-14H2,1-3H3,(H,22,25)(H,23,26). The van der Waals surface area contributed by atoms with Crippen LogP contribution < -0.4 is 15.4 Å². The molecule has 1 aliphatic rings. The van der Waals surface area contributed by atoms with E-state index < -0.39 is 5.60 Å². The van der Waals surface area contributed by atoms with Gasteiger partial charge in [-0.15, -0.1) is 0 Å². The molecular formula is C20H30ClN3O3. The van der Waals surface area contributed by atoms with Crippen LogP contribution in [0.15, 0.2) is 24.3 Å². The minimum atomic E-state index is -0.981. The number of benzene rings is 1. The fraction of sp³-hybridized carbons (Fsp3) is 0.600. The number of ether oxygens (including phenoxy) is 1. The smallest absolute Gasteiger partial charge is 0.263 e. The number of carbonyl (C=O) groups excluding carboxylic acids is 2. The van der Waals surface area contributed by atoms with Crippen LogP contribution in [0.5, 0.6) is 5.75 Å². The molecule has 1 aliphatic heterocycles. The van der Waals surface area contributed by atoms with Crippen LogP contribution in [-0.4, -0.2) is 54.5 Å². The second-order valence-electron chi connectivity index (χ2n) is 7.44. The maximum Gasteiger partial charge on any atom is 0.263 e. The van der Waals surface area contributed by atoms with Crippen LogP contribution in [0.4, 0.5) is 0 Å². The highest BCUT2D eigenvalue weighted by Gasteiger charge is 2.32. The van der Waals surface area contributed by atoms with Crippen molar-refractivity contribution in [2.75, 3.05) is 26.2 Å². The molecule has 0 atom stereocenters. The molecule has 1 aromatic rings. The van der Waals surface area contributed by atoms with E-state index in [0.29, 0.717) is 23.9 Å². The Labute approximate surface area is 166 Å². The molecule has 0 radical (unpaired) electrons. The molecule has 1 aromatic carbocycles. The number of carbonyl (C=O) groups is 2. The summed E-state index contributed by atoms with van der Waals surface area (Å²) in [6.45, 7) is 8.27. The van der Waals surface area contributed by atoms with Gasteiger partial charge in [0.05, 0.1) is 6.54 Å². The lowest BCUT2D eigenvalue weighted by Crippen LogP contribution is -2.53. The van der Waals surface area contributed by atoms with Gasteiger partial charge in [0.15, 0.2) is 5.60 Å². The van der Waals surface area contributed by atoms with Crippen molar-refractivity contribution in [3.8, 4) is 5.75 Å². The van der Waals surface area contributed by atoms with E-state index in [0.717, 1.165) is 32.4 Å². The summed E-state index contributed by atoms with van der Waals surface area (Å²) in [5.41, 5.74) is -0.981. The van der Waals surface area contributed by atoms with Gasteiger partial charge in [0.1, 0.15) is 5.75 Å². The average Bonchev–Trinajstić information content (AvgIpc) is 2.63. The van der Waals surface area contributed by atoms with Gasteiger partial charge in [-0.2, -0.15) is 0 Å². The van der Waals surface area contributed by atoms with Gasteiger partial charge in [-0.25, -0.2) is 0 Å². The predicted octanol–water partition coefficient (Wildman–Crippen LogP) is 2.60. The second kappa shape index (κ2) is 9.95. The van der Waals surface area contributed by atoms with Crippen molar-refractivity contribution in [3.05, 3.63) is 29.3 Å². The van der Waals surface area contributed by atoms with Crippen LogP contribution >= 0.6 is 11.6 Å². The highest BCUT2D eigenvalue weighted by molar-refractivity contribution is 6.30. The van der Waals surface area contributed by atoms with E-state index in [-0.39, 0.29) is 17.9 Å². The summed E-state index contributed by atoms with van der Waals surface area (Å²) >= 11 is 5.88. The lowest BCUT2D eigenvalue weighted by Gasteiger charge is -2.34. The highest BCUT2D eigenvalue weighted by atomic mass is 35.5. The maximum absolute atomic E-state index is 12.6. The van der Waals surface area contributed by atoms with Crippen molar-refractivity contribution in [3.63, 3.8) is 0 Å². The van der Waals surface area contributed by atoms with Crippen LogP contribution in [0.1, 0.15) is 40.0 Å². The van der Waals surface area contributed by atoms with Crippen molar-refractivity contribution < 1.29 is 14.3 Å². The van der Waals surface area contributed by atoms with E-state index in [1.165, 1.54) is 0 Å². The van der Waals surface area contributed by atoms with Gasteiger partial charge in [-0.1, -0.05) is 18.5 Å². The molecule has 0 aromatic heterocycles. The topological polar surface area (TPSA) is 70.7 Å². The number of halogens is 1. The van der Waals surface area contributed by atoms with Gasteiger partial charge < -0.3 is 15.4 Å². The van der Waals surface area contributed by atoms with Crippen LogP contribution in [0, 0.1) is 0 Å². The number of hydrogen-bond donors (Lipinski definition) is 2. The number of rotatable bonds is 8. The zero-order valence-corrected chi connectivity index (χ0v) is 17.1. The number of nitrogens with zero attached hydrogens (tertiary/aromatic N) is 1. The third-order valence-corrected chi connectivity index (χ3v) is 4.85. The molecule has 0 bridgehead atoms. The summed E-state index contributed by atoms with van der Waals surface area (Å²) in [6.07, 6.45) is 2.58. The summed E-state index contributed by atoms with van der Waals surface area (Å²) in [7, 11) is 0. The maximum atomic E-state index is 12.6. The van der Waals surface area contributed by atoms with Gasteiger partial charge in [0, 0.05) is 30.7 Å². The Morgan fingerprint density at radius 3 is 2.44 bits per heavy atom. The molecule has 2 N–H and O–H groups in total. The molecule has 1 heterocycles. The monoisotopic (exact) mass is 395 g/mol. The molecule has 0 saturated carbocycles. The second-order valence-corrected chi connectivity index (χ2v) is 7.88. The van der Waals surface area contributed by atoms with Crippen molar-refractivity contribution in [2.24, 2.45) is 0 Å². The zero-order valence-electron chi connectivity index (χ0n) is 16.4. The molecule has 150 valence electrons. The molecule has 6 nitrogen and oxygen atoms in total. The van der Waals surface area contributed by atoms with Crippen LogP contribution in [0.3, 0.4) is 0 Å². The molecule has 1 fully saturated rings. The van der Waals surface area contributed by atoms with E-state index in [4.69, 9.17) is 16.3 Å². The van der Waals surface area contributed by atoms with E-state index in [1.54, 1.807) is 38.1 Å². The van der Waals surface area contributed by atoms with E-state index in [2.05, 4.69) is 15.5 Å². The Balaban J connectivity index is 1.77.